The lowest BCUT2D eigenvalue weighted by molar-refractivity contribution is -0.132. The summed E-state index contributed by atoms with van der Waals surface area (Å²) < 4.78 is 3.57. The molecule has 0 aliphatic heterocycles. The van der Waals surface area contributed by atoms with Crippen LogP contribution in [0.25, 0.3) is 0 Å². The Kier molecular flexibility index (Phi) is 3.35. The van der Waals surface area contributed by atoms with Crippen molar-refractivity contribution in [3.8, 4) is 0 Å². The number of methoxy groups -OCH3 is 1. The first-order valence-corrected chi connectivity index (χ1v) is 4.78. The van der Waals surface area contributed by atoms with E-state index in [4.69, 9.17) is 44.6 Å². The van der Waals surface area contributed by atoms with Gasteiger partial charge in [0, 0.05) is 6.42 Å². The van der Waals surface area contributed by atoms with Gasteiger partial charge in [-0.15, -0.1) is 0 Å². The zero-order valence-electron chi connectivity index (χ0n) is 7.18. The van der Waals surface area contributed by atoms with Crippen LogP contribution in [0.5, 0.6) is 0 Å². The SMILES string of the molecule is COC1=C(Cl)CC(Cl)(Cl)C=C1C(=O)O. The minimum atomic E-state index is -1.28. The van der Waals surface area contributed by atoms with Gasteiger partial charge in [-0.05, 0) is 6.08 Å². The predicted octanol–water partition coefficient (Wildman–Crippen LogP) is 2.67. The highest BCUT2D eigenvalue weighted by Crippen LogP contribution is 2.40. The topological polar surface area (TPSA) is 46.5 Å². The van der Waals surface area contributed by atoms with Crippen LogP contribution in [-0.4, -0.2) is 22.5 Å². The molecule has 14 heavy (non-hydrogen) atoms. The van der Waals surface area contributed by atoms with Crippen LogP contribution in [0.15, 0.2) is 22.4 Å². The quantitative estimate of drug-likeness (QED) is 0.774. The second-order valence-corrected chi connectivity index (χ2v) is 4.74. The van der Waals surface area contributed by atoms with Gasteiger partial charge in [0.1, 0.15) is 15.7 Å². The smallest absolute Gasteiger partial charge is 0.339 e. The van der Waals surface area contributed by atoms with Crippen LogP contribution in [0.2, 0.25) is 0 Å². The molecule has 0 amide bonds. The van der Waals surface area contributed by atoms with Crippen molar-refractivity contribution in [3.63, 3.8) is 0 Å². The predicted molar refractivity (Wildman–Crippen MR) is 54.7 cm³/mol. The van der Waals surface area contributed by atoms with E-state index in [1.807, 2.05) is 0 Å². The van der Waals surface area contributed by atoms with Crippen molar-refractivity contribution in [2.75, 3.05) is 7.11 Å². The Morgan fingerprint density at radius 3 is 2.64 bits per heavy atom. The number of aliphatic carboxylic acids is 1. The molecule has 0 atom stereocenters. The zero-order valence-corrected chi connectivity index (χ0v) is 9.45. The molecule has 0 saturated carbocycles. The monoisotopic (exact) mass is 256 g/mol. The average Bonchev–Trinajstić information content (AvgIpc) is 2.01. The van der Waals surface area contributed by atoms with Gasteiger partial charge in [0.25, 0.3) is 0 Å². The summed E-state index contributed by atoms with van der Waals surface area (Å²) in [6.07, 6.45) is 1.35. The average molecular weight is 258 g/mol. The minimum absolute atomic E-state index is 0.107. The molecule has 1 rings (SSSR count). The van der Waals surface area contributed by atoms with E-state index in [1.54, 1.807) is 0 Å². The number of rotatable bonds is 2. The minimum Gasteiger partial charge on any atom is -0.495 e. The summed E-state index contributed by atoms with van der Waals surface area (Å²) >= 11 is 17.3. The molecule has 0 bridgehead atoms. The van der Waals surface area contributed by atoms with Gasteiger partial charge < -0.3 is 9.84 Å². The lowest BCUT2D eigenvalue weighted by atomic mass is 10.0. The van der Waals surface area contributed by atoms with Crippen LogP contribution in [0.1, 0.15) is 6.42 Å². The van der Waals surface area contributed by atoms with E-state index in [2.05, 4.69) is 0 Å². The zero-order chi connectivity index (χ0) is 10.9. The number of alkyl halides is 2. The standard InChI is InChI=1S/C8H7Cl3O3/c1-14-6-4(7(12)13)2-8(10,11)3-5(6)9/h2H,3H2,1H3,(H,12,13). The lowest BCUT2D eigenvalue weighted by Gasteiger charge is -2.23. The van der Waals surface area contributed by atoms with E-state index in [-0.39, 0.29) is 22.8 Å². The van der Waals surface area contributed by atoms with Gasteiger partial charge in [-0.2, -0.15) is 0 Å². The number of carbonyl (C=O) groups is 1. The van der Waals surface area contributed by atoms with Crippen molar-refractivity contribution in [2.45, 2.75) is 10.8 Å². The van der Waals surface area contributed by atoms with Crippen LogP contribution in [0.3, 0.4) is 0 Å². The maximum absolute atomic E-state index is 10.8. The van der Waals surface area contributed by atoms with E-state index in [9.17, 15) is 4.79 Å². The van der Waals surface area contributed by atoms with Crippen LogP contribution >= 0.6 is 34.8 Å². The van der Waals surface area contributed by atoms with Crippen molar-refractivity contribution < 1.29 is 14.6 Å². The first-order valence-electron chi connectivity index (χ1n) is 3.64. The van der Waals surface area contributed by atoms with Gasteiger partial charge >= 0.3 is 5.97 Å². The molecule has 0 radical (unpaired) electrons. The van der Waals surface area contributed by atoms with E-state index < -0.39 is 10.3 Å². The molecule has 0 saturated heterocycles. The lowest BCUT2D eigenvalue weighted by Crippen LogP contribution is -2.20. The first kappa shape index (κ1) is 11.7. The molecule has 0 unspecified atom stereocenters. The van der Waals surface area contributed by atoms with Crippen molar-refractivity contribution in [3.05, 3.63) is 22.4 Å². The molecule has 0 aromatic rings. The second kappa shape index (κ2) is 4.01. The number of allylic oxidation sites excluding steroid dienone is 2. The molecule has 0 aromatic heterocycles. The largest absolute Gasteiger partial charge is 0.495 e. The molecule has 0 fully saturated rings. The van der Waals surface area contributed by atoms with Crippen LogP contribution in [0.4, 0.5) is 0 Å². The molecule has 78 valence electrons. The highest BCUT2D eigenvalue weighted by Gasteiger charge is 2.34. The highest BCUT2D eigenvalue weighted by atomic mass is 35.5. The molecule has 0 heterocycles. The van der Waals surface area contributed by atoms with Gasteiger partial charge in [0.05, 0.1) is 12.1 Å². The highest BCUT2D eigenvalue weighted by molar-refractivity contribution is 6.51. The number of ether oxygens (including phenoxy) is 1. The third-order valence-corrected chi connectivity index (χ3v) is 2.46. The van der Waals surface area contributed by atoms with Gasteiger partial charge in [-0.3, -0.25) is 0 Å². The Balaban J connectivity index is 3.19. The fraction of sp³-hybridized carbons (Fsp3) is 0.375. The fourth-order valence-electron chi connectivity index (χ4n) is 1.14. The summed E-state index contributed by atoms with van der Waals surface area (Å²) in [4.78, 5) is 10.8. The molecule has 0 aromatic carbocycles. The van der Waals surface area contributed by atoms with Crippen LogP contribution in [-0.2, 0) is 9.53 Å². The Hall–Kier alpha value is -0.380. The summed E-state index contributed by atoms with van der Waals surface area (Å²) in [7, 11) is 1.34. The summed E-state index contributed by atoms with van der Waals surface area (Å²) in [5, 5.41) is 9.04. The molecule has 1 aliphatic rings. The van der Waals surface area contributed by atoms with E-state index in [0.29, 0.717) is 0 Å². The molecule has 6 heteroatoms. The third kappa shape index (κ3) is 2.35. The van der Waals surface area contributed by atoms with Gasteiger partial charge in [-0.1, -0.05) is 34.8 Å². The Labute approximate surface area is 95.9 Å². The van der Waals surface area contributed by atoms with Gasteiger partial charge in [-0.25, -0.2) is 4.79 Å². The number of halogens is 3. The van der Waals surface area contributed by atoms with Gasteiger partial charge in [0.15, 0.2) is 0 Å². The van der Waals surface area contributed by atoms with Crippen molar-refractivity contribution in [1.29, 1.82) is 0 Å². The molecule has 0 spiro atoms. The maximum Gasteiger partial charge on any atom is 0.339 e. The number of carboxylic acids is 1. The summed E-state index contributed by atoms with van der Waals surface area (Å²) in [5.41, 5.74) is -0.117. The van der Waals surface area contributed by atoms with Crippen LogP contribution < -0.4 is 0 Å². The maximum atomic E-state index is 10.8. The summed E-state index contributed by atoms with van der Waals surface area (Å²) in [5.74, 6) is -1.07. The summed E-state index contributed by atoms with van der Waals surface area (Å²) in [6, 6.07) is 0. The molecular formula is C8H7Cl3O3. The van der Waals surface area contributed by atoms with Crippen molar-refractivity contribution in [1.82, 2.24) is 0 Å². The molecule has 1 aliphatic carbocycles. The Morgan fingerprint density at radius 2 is 2.21 bits per heavy atom. The van der Waals surface area contributed by atoms with Gasteiger partial charge in [0.2, 0.25) is 0 Å². The number of hydrogen-bond donors (Lipinski definition) is 1. The summed E-state index contributed by atoms with van der Waals surface area (Å²) in [6.45, 7) is 0. The molecule has 1 N–H and O–H groups in total. The second-order valence-electron chi connectivity index (χ2n) is 2.74. The normalized spacial score (nSPS) is 20.4. The Morgan fingerprint density at radius 1 is 1.64 bits per heavy atom. The number of hydrogen-bond acceptors (Lipinski definition) is 2. The van der Waals surface area contributed by atoms with E-state index >= 15 is 0 Å². The fourth-order valence-corrected chi connectivity index (χ4v) is 2.15. The molecule has 3 nitrogen and oxygen atoms in total. The molecular weight excluding hydrogens is 250 g/mol. The van der Waals surface area contributed by atoms with Crippen molar-refractivity contribution in [2.24, 2.45) is 0 Å². The van der Waals surface area contributed by atoms with E-state index in [0.717, 1.165) is 0 Å². The third-order valence-electron chi connectivity index (χ3n) is 1.67. The van der Waals surface area contributed by atoms with Crippen LogP contribution in [0, 0.1) is 0 Å². The van der Waals surface area contributed by atoms with E-state index in [1.165, 1.54) is 13.2 Å². The first-order chi connectivity index (χ1) is 6.37. The number of carboxylic acid groups (broad SMARTS) is 1. The Bertz CT molecular complexity index is 331. The van der Waals surface area contributed by atoms with Crippen molar-refractivity contribution >= 4 is 40.8 Å².